The molecular formula is C19H29N3O4. The number of anilines is 1. The summed E-state index contributed by atoms with van der Waals surface area (Å²) in [6.07, 6.45) is -0.0182. The Morgan fingerprint density at radius 3 is 2.81 bits per heavy atom. The molecule has 1 aromatic carbocycles. The molecule has 2 rings (SSSR count). The van der Waals surface area contributed by atoms with Crippen LogP contribution >= 0.6 is 0 Å². The average Bonchev–Trinajstić information content (AvgIpc) is 2.66. The maximum absolute atomic E-state index is 12.1. The van der Waals surface area contributed by atoms with Gasteiger partial charge in [0.25, 0.3) is 0 Å². The van der Waals surface area contributed by atoms with Crippen molar-refractivity contribution in [2.24, 2.45) is 0 Å². The number of nitrogens with one attached hydrogen (secondary N) is 2. The highest BCUT2D eigenvalue weighted by Crippen LogP contribution is 2.11. The number of benzene rings is 1. The third-order valence-electron chi connectivity index (χ3n) is 4.22. The maximum atomic E-state index is 12.1. The van der Waals surface area contributed by atoms with Gasteiger partial charge in [-0.05, 0) is 31.5 Å². The van der Waals surface area contributed by atoms with Crippen molar-refractivity contribution >= 4 is 17.5 Å². The lowest BCUT2D eigenvalue weighted by Gasteiger charge is -2.26. The van der Waals surface area contributed by atoms with Gasteiger partial charge in [0, 0.05) is 44.9 Å². The predicted octanol–water partition coefficient (Wildman–Crippen LogP) is 1.39. The number of nitrogens with zero attached hydrogens (tertiary/aromatic N) is 1. The summed E-state index contributed by atoms with van der Waals surface area (Å²) in [7, 11) is 0. The Morgan fingerprint density at radius 1 is 1.31 bits per heavy atom. The number of rotatable bonds is 9. The van der Waals surface area contributed by atoms with E-state index in [2.05, 4.69) is 15.5 Å². The van der Waals surface area contributed by atoms with Crippen LogP contribution in [0.3, 0.4) is 0 Å². The average molecular weight is 363 g/mol. The summed E-state index contributed by atoms with van der Waals surface area (Å²) >= 11 is 0. The second kappa shape index (κ2) is 10.9. The molecule has 7 nitrogen and oxygen atoms in total. The van der Waals surface area contributed by atoms with E-state index in [1.54, 1.807) is 6.92 Å². The van der Waals surface area contributed by atoms with Crippen LogP contribution < -0.4 is 10.6 Å². The van der Waals surface area contributed by atoms with Gasteiger partial charge in [0.05, 0.1) is 13.2 Å². The molecule has 0 bridgehead atoms. The molecule has 0 aromatic heterocycles. The van der Waals surface area contributed by atoms with Crippen molar-refractivity contribution in [3.05, 3.63) is 29.8 Å². The quantitative estimate of drug-likeness (QED) is 0.693. The van der Waals surface area contributed by atoms with Crippen LogP contribution in [0.15, 0.2) is 24.3 Å². The zero-order valence-electron chi connectivity index (χ0n) is 15.6. The normalized spacial score (nSPS) is 16.1. The lowest BCUT2D eigenvalue weighted by atomic mass is 10.2. The van der Waals surface area contributed by atoms with Crippen molar-refractivity contribution < 1.29 is 19.1 Å². The van der Waals surface area contributed by atoms with E-state index in [-0.39, 0.29) is 11.8 Å². The highest BCUT2D eigenvalue weighted by molar-refractivity contribution is 5.90. The van der Waals surface area contributed by atoms with Gasteiger partial charge in [0.2, 0.25) is 11.8 Å². The van der Waals surface area contributed by atoms with Crippen LogP contribution in [0.5, 0.6) is 0 Å². The largest absolute Gasteiger partial charge is 0.379 e. The molecule has 7 heteroatoms. The van der Waals surface area contributed by atoms with Crippen molar-refractivity contribution in [2.45, 2.75) is 32.9 Å². The Labute approximate surface area is 155 Å². The lowest BCUT2D eigenvalue weighted by Crippen LogP contribution is -2.38. The van der Waals surface area contributed by atoms with E-state index in [4.69, 9.17) is 9.47 Å². The van der Waals surface area contributed by atoms with Gasteiger partial charge in [0.1, 0.15) is 6.10 Å². The van der Waals surface area contributed by atoms with Crippen LogP contribution in [0.4, 0.5) is 5.69 Å². The van der Waals surface area contributed by atoms with Crippen molar-refractivity contribution in [3.63, 3.8) is 0 Å². The van der Waals surface area contributed by atoms with E-state index in [0.717, 1.165) is 44.1 Å². The molecule has 144 valence electrons. The Kier molecular flexibility index (Phi) is 8.53. The molecule has 1 saturated heterocycles. The molecular weight excluding hydrogens is 334 g/mol. The van der Waals surface area contributed by atoms with Gasteiger partial charge in [-0.25, -0.2) is 0 Å². The highest BCUT2D eigenvalue weighted by Gasteiger charge is 2.13. The smallest absolute Gasteiger partial charge is 0.249 e. The molecule has 1 aliphatic rings. The second-order valence-corrected chi connectivity index (χ2v) is 6.27. The number of carbonyl (C=O) groups excluding carboxylic acids is 2. The first-order valence-corrected chi connectivity index (χ1v) is 9.16. The van der Waals surface area contributed by atoms with Crippen LogP contribution in [-0.4, -0.2) is 62.3 Å². The number of morpholine rings is 1. The summed E-state index contributed by atoms with van der Waals surface area (Å²) in [5.74, 6) is -0.158. The Hall–Kier alpha value is -1.96. The minimum absolute atomic E-state index is 0.0114. The van der Waals surface area contributed by atoms with Crippen LogP contribution in [0.25, 0.3) is 0 Å². The van der Waals surface area contributed by atoms with Crippen molar-refractivity contribution in [1.82, 2.24) is 10.2 Å². The summed E-state index contributed by atoms with van der Waals surface area (Å²) in [6.45, 7) is 8.44. The third kappa shape index (κ3) is 7.11. The molecule has 26 heavy (non-hydrogen) atoms. The van der Waals surface area contributed by atoms with Gasteiger partial charge in [-0.3, -0.25) is 14.5 Å². The molecule has 0 spiro atoms. The lowest BCUT2D eigenvalue weighted by molar-refractivity contribution is -0.131. The van der Waals surface area contributed by atoms with Gasteiger partial charge in [-0.2, -0.15) is 0 Å². The Balaban J connectivity index is 1.76. The molecule has 1 atom stereocenters. The summed E-state index contributed by atoms with van der Waals surface area (Å²) in [5, 5.41) is 5.76. The first kappa shape index (κ1) is 20.4. The Bertz CT molecular complexity index is 588. The summed E-state index contributed by atoms with van der Waals surface area (Å²) in [6, 6.07) is 7.50. The topological polar surface area (TPSA) is 79.9 Å². The molecule has 1 aromatic rings. The minimum atomic E-state index is -0.469. The molecule has 2 amide bonds. The summed E-state index contributed by atoms with van der Waals surface area (Å²) < 4.78 is 10.6. The van der Waals surface area contributed by atoms with E-state index in [9.17, 15) is 9.59 Å². The number of hydrogen-bond donors (Lipinski definition) is 2. The highest BCUT2D eigenvalue weighted by atomic mass is 16.5. The van der Waals surface area contributed by atoms with Gasteiger partial charge in [-0.1, -0.05) is 12.1 Å². The van der Waals surface area contributed by atoms with E-state index < -0.39 is 6.10 Å². The summed E-state index contributed by atoms with van der Waals surface area (Å²) in [4.78, 5) is 26.3. The maximum Gasteiger partial charge on any atom is 0.249 e. The standard InChI is InChI=1S/C19H29N3O4/c1-3-26-15(2)19(24)20-14-16-5-4-6-17(13-16)21-18(23)7-8-22-9-11-25-12-10-22/h4-6,13,15H,3,7-12,14H2,1-2H3,(H,20,24)(H,21,23). The number of ether oxygens (including phenoxy) is 2. The molecule has 2 N–H and O–H groups in total. The van der Waals surface area contributed by atoms with Crippen molar-refractivity contribution in [3.8, 4) is 0 Å². The fraction of sp³-hybridized carbons (Fsp3) is 0.579. The third-order valence-corrected chi connectivity index (χ3v) is 4.22. The first-order chi connectivity index (χ1) is 12.6. The molecule has 0 saturated carbocycles. The van der Waals surface area contributed by atoms with Crippen LogP contribution in [-0.2, 0) is 25.6 Å². The second-order valence-electron chi connectivity index (χ2n) is 6.27. The SMILES string of the molecule is CCOC(C)C(=O)NCc1cccc(NC(=O)CCN2CCOCC2)c1. The van der Waals surface area contributed by atoms with Gasteiger partial charge in [0.15, 0.2) is 0 Å². The van der Waals surface area contributed by atoms with Crippen LogP contribution in [0.1, 0.15) is 25.8 Å². The van der Waals surface area contributed by atoms with Gasteiger partial charge < -0.3 is 20.1 Å². The zero-order chi connectivity index (χ0) is 18.8. The first-order valence-electron chi connectivity index (χ1n) is 9.16. The Morgan fingerprint density at radius 2 is 2.08 bits per heavy atom. The van der Waals surface area contributed by atoms with Crippen LogP contribution in [0, 0.1) is 0 Å². The number of amides is 2. The van der Waals surface area contributed by atoms with Crippen LogP contribution in [0.2, 0.25) is 0 Å². The monoisotopic (exact) mass is 363 g/mol. The number of hydrogen-bond acceptors (Lipinski definition) is 5. The van der Waals surface area contributed by atoms with Gasteiger partial charge >= 0.3 is 0 Å². The molecule has 0 aliphatic carbocycles. The predicted molar refractivity (Wildman–Crippen MR) is 99.9 cm³/mol. The fourth-order valence-electron chi connectivity index (χ4n) is 2.73. The molecule has 1 unspecified atom stereocenters. The zero-order valence-corrected chi connectivity index (χ0v) is 15.6. The van der Waals surface area contributed by atoms with Crippen molar-refractivity contribution in [2.75, 3.05) is 44.8 Å². The van der Waals surface area contributed by atoms with E-state index in [0.29, 0.717) is 19.6 Å². The van der Waals surface area contributed by atoms with Crippen molar-refractivity contribution in [1.29, 1.82) is 0 Å². The minimum Gasteiger partial charge on any atom is -0.379 e. The molecule has 0 radical (unpaired) electrons. The van der Waals surface area contributed by atoms with Gasteiger partial charge in [-0.15, -0.1) is 0 Å². The van der Waals surface area contributed by atoms with E-state index in [1.165, 1.54) is 0 Å². The van der Waals surface area contributed by atoms with E-state index in [1.807, 2.05) is 31.2 Å². The molecule has 1 fully saturated rings. The number of carbonyl (C=O) groups is 2. The fourth-order valence-corrected chi connectivity index (χ4v) is 2.73. The summed E-state index contributed by atoms with van der Waals surface area (Å²) in [5.41, 5.74) is 1.66. The van der Waals surface area contributed by atoms with E-state index >= 15 is 0 Å². The molecule has 1 aliphatic heterocycles. The molecule has 1 heterocycles.